The second-order valence-electron chi connectivity index (χ2n) is 4.17. The Morgan fingerprint density at radius 2 is 1.89 bits per heavy atom. The van der Waals surface area contributed by atoms with Crippen molar-refractivity contribution in [3.8, 4) is 0 Å². The average Bonchev–Trinajstić information content (AvgIpc) is 2.34. The first-order chi connectivity index (χ1) is 8.97. The molecular weight excluding hydrogens is 336 g/mol. The van der Waals surface area contributed by atoms with Gasteiger partial charge in [-0.25, -0.2) is 8.78 Å². The standard InChI is InChI=1S/C14H11BrClF2N/c1-8-4-13(18)14(6-12(8)17)19-7-9-2-3-10(15)5-11(9)16/h2-6,19H,7H2,1H3. The molecule has 19 heavy (non-hydrogen) atoms. The second-order valence-corrected chi connectivity index (χ2v) is 5.49. The van der Waals surface area contributed by atoms with Gasteiger partial charge in [0.15, 0.2) is 0 Å². The minimum Gasteiger partial charge on any atom is -0.378 e. The first-order valence-electron chi connectivity index (χ1n) is 5.61. The van der Waals surface area contributed by atoms with Crippen LogP contribution in [0.2, 0.25) is 5.02 Å². The first kappa shape index (κ1) is 14.3. The maximum atomic E-state index is 13.6. The molecule has 0 saturated heterocycles. The van der Waals surface area contributed by atoms with E-state index in [1.165, 1.54) is 13.0 Å². The molecule has 0 saturated carbocycles. The Bertz CT molecular complexity index is 617. The Hall–Kier alpha value is -1.13. The van der Waals surface area contributed by atoms with Gasteiger partial charge in [0, 0.05) is 22.1 Å². The third-order valence-electron chi connectivity index (χ3n) is 2.73. The van der Waals surface area contributed by atoms with Gasteiger partial charge in [-0.15, -0.1) is 0 Å². The largest absolute Gasteiger partial charge is 0.378 e. The highest BCUT2D eigenvalue weighted by Crippen LogP contribution is 2.24. The van der Waals surface area contributed by atoms with Gasteiger partial charge in [0.1, 0.15) is 11.6 Å². The third kappa shape index (κ3) is 3.45. The highest BCUT2D eigenvalue weighted by molar-refractivity contribution is 9.10. The van der Waals surface area contributed by atoms with E-state index in [4.69, 9.17) is 11.6 Å². The van der Waals surface area contributed by atoms with E-state index in [0.717, 1.165) is 16.1 Å². The van der Waals surface area contributed by atoms with Gasteiger partial charge in [0.2, 0.25) is 0 Å². The number of benzene rings is 2. The highest BCUT2D eigenvalue weighted by Gasteiger charge is 2.08. The zero-order valence-corrected chi connectivity index (χ0v) is 12.4. The molecule has 0 aliphatic rings. The van der Waals surface area contributed by atoms with E-state index in [1.807, 2.05) is 12.1 Å². The van der Waals surface area contributed by atoms with E-state index >= 15 is 0 Å². The third-order valence-corrected chi connectivity index (χ3v) is 3.58. The second kappa shape index (κ2) is 5.88. The summed E-state index contributed by atoms with van der Waals surface area (Å²) >= 11 is 9.36. The number of rotatable bonds is 3. The Labute approximate surface area is 123 Å². The van der Waals surface area contributed by atoms with Crippen LogP contribution in [0.4, 0.5) is 14.5 Å². The normalized spacial score (nSPS) is 10.6. The van der Waals surface area contributed by atoms with E-state index < -0.39 is 11.6 Å². The molecule has 1 nitrogen and oxygen atoms in total. The molecule has 0 aliphatic carbocycles. The highest BCUT2D eigenvalue weighted by atomic mass is 79.9. The van der Waals surface area contributed by atoms with Gasteiger partial charge in [-0.05, 0) is 36.2 Å². The van der Waals surface area contributed by atoms with E-state index in [9.17, 15) is 8.78 Å². The lowest BCUT2D eigenvalue weighted by molar-refractivity contribution is 0.594. The van der Waals surface area contributed by atoms with Crippen molar-refractivity contribution in [3.63, 3.8) is 0 Å². The van der Waals surface area contributed by atoms with Crippen molar-refractivity contribution in [1.82, 2.24) is 0 Å². The lowest BCUT2D eigenvalue weighted by atomic mass is 10.2. The van der Waals surface area contributed by atoms with Crippen molar-refractivity contribution in [1.29, 1.82) is 0 Å². The number of anilines is 1. The molecule has 2 aromatic carbocycles. The summed E-state index contributed by atoms with van der Waals surface area (Å²) in [6.07, 6.45) is 0. The maximum absolute atomic E-state index is 13.6. The first-order valence-corrected chi connectivity index (χ1v) is 6.78. The van der Waals surface area contributed by atoms with Gasteiger partial charge in [-0.3, -0.25) is 0 Å². The zero-order chi connectivity index (χ0) is 14.0. The maximum Gasteiger partial charge on any atom is 0.146 e. The van der Waals surface area contributed by atoms with Crippen molar-refractivity contribution in [2.75, 3.05) is 5.32 Å². The number of hydrogen-bond acceptors (Lipinski definition) is 1. The summed E-state index contributed by atoms with van der Waals surface area (Å²) in [5.74, 6) is -0.919. The molecule has 2 aromatic rings. The lowest BCUT2D eigenvalue weighted by Gasteiger charge is -2.10. The van der Waals surface area contributed by atoms with Crippen molar-refractivity contribution < 1.29 is 8.78 Å². The van der Waals surface area contributed by atoms with Gasteiger partial charge in [-0.1, -0.05) is 33.6 Å². The van der Waals surface area contributed by atoms with Crippen molar-refractivity contribution >= 4 is 33.2 Å². The van der Waals surface area contributed by atoms with Gasteiger partial charge in [-0.2, -0.15) is 0 Å². The smallest absolute Gasteiger partial charge is 0.146 e. The predicted octanol–water partition coefficient (Wildman–Crippen LogP) is 5.30. The molecular formula is C14H11BrClF2N. The molecule has 5 heteroatoms. The van der Waals surface area contributed by atoms with Crippen LogP contribution in [0.5, 0.6) is 0 Å². The van der Waals surface area contributed by atoms with E-state index in [1.54, 1.807) is 6.07 Å². The van der Waals surface area contributed by atoms with Crippen LogP contribution < -0.4 is 5.32 Å². The quantitative estimate of drug-likeness (QED) is 0.795. The molecule has 100 valence electrons. The van der Waals surface area contributed by atoms with Gasteiger partial charge in [0.05, 0.1) is 5.69 Å². The van der Waals surface area contributed by atoms with Crippen LogP contribution >= 0.6 is 27.5 Å². The Kier molecular flexibility index (Phi) is 4.42. The Morgan fingerprint density at radius 1 is 1.16 bits per heavy atom. The molecule has 0 heterocycles. The SMILES string of the molecule is Cc1cc(F)c(NCc2ccc(Br)cc2Cl)cc1F. The molecule has 0 aliphatic heterocycles. The molecule has 0 spiro atoms. The van der Waals surface area contributed by atoms with Gasteiger partial charge < -0.3 is 5.32 Å². The molecule has 0 bridgehead atoms. The summed E-state index contributed by atoms with van der Waals surface area (Å²) in [5, 5.41) is 3.41. The fourth-order valence-electron chi connectivity index (χ4n) is 1.64. The molecule has 0 atom stereocenters. The monoisotopic (exact) mass is 345 g/mol. The summed E-state index contributed by atoms with van der Waals surface area (Å²) in [7, 11) is 0. The van der Waals surface area contributed by atoms with Crippen LogP contribution in [0.3, 0.4) is 0 Å². The van der Waals surface area contributed by atoms with E-state index in [2.05, 4.69) is 21.2 Å². The molecule has 0 unspecified atom stereocenters. The Balaban J connectivity index is 2.16. The number of nitrogens with one attached hydrogen (secondary N) is 1. The number of halogens is 4. The summed E-state index contributed by atoms with van der Waals surface area (Å²) < 4.78 is 27.9. The predicted molar refractivity (Wildman–Crippen MR) is 77.6 cm³/mol. The van der Waals surface area contributed by atoms with Crippen LogP contribution in [0.25, 0.3) is 0 Å². The van der Waals surface area contributed by atoms with Crippen LogP contribution in [0.15, 0.2) is 34.8 Å². The summed E-state index contributed by atoms with van der Waals surface area (Å²) in [6.45, 7) is 1.85. The van der Waals surface area contributed by atoms with Crippen molar-refractivity contribution in [3.05, 3.63) is 62.6 Å². The van der Waals surface area contributed by atoms with Gasteiger partial charge in [0.25, 0.3) is 0 Å². The molecule has 0 radical (unpaired) electrons. The molecule has 1 N–H and O–H groups in total. The number of aryl methyl sites for hydroxylation is 1. The molecule has 0 amide bonds. The average molecular weight is 347 g/mol. The lowest BCUT2D eigenvalue weighted by Crippen LogP contribution is -2.03. The van der Waals surface area contributed by atoms with Crippen LogP contribution in [-0.4, -0.2) is 0 Å². The molecule has 0 aromatic heterocycles. The van der Waals surface area contributed by atoms with Crippen LogP contribution in [-0.2, 0) is 6.54 Å². The number of hydrogen-bond donors (Lipinski definition) is 1. The minimum absolute atomic E-state index is 0.127. The molecule has 2 rings (SSSR count). The van der Waals surface area contributed by atoms with E-state index in [0.29, 0.717) is 11.6 Å². The fourth-order valence-corrected chi connectivity index (χ4v) is 2.38. The van der Waals surface area contributed by atoms with Crippen LogP contribution in [0, 0.1) is 18.6 Å². The summed E-state index contributed by atoms with van der Waals surface area (Å²) in [6, 6.07) is 7.74. The topological polar surface area (TPSA) is 12.0 Å². The van der Waals surface area contributed by atoms with Crippen LogP contribution in [0.1, 0.15) is 11.1 Å². The van der Waals surface area contributed by atoms with Crippen molar-refractivity contribution in [2.45, 2.75) is 13.5 Å². The Morgan fingerprint density at radius 3 is 2.58 bits per heavy atom. The summed E-state index contributed by atoms with van der Waals surface area (Å²) in [4.78, 5) is 0. The molecule has 0 fully saturated rings. The van der Waals surface area contributed by atoms with E-state index in [-0.39, 0.29) is 11.3 Å². The van der Waals surface area contributed by atoms with Crippen molar-refractivity contribution in [2.24, 2.45) is 0 Å². The minimum atomic E-state index is -0.480. The van der Waals surface area contributed by atoms with Gasteiger partial charge >= 0.3 is 0 Å². The fraction of sp³-hybridized carbons (Fsp3) is 0.143. The summed E-state index contributed by atoms with van der Waals surface area (Å²) in [5.41, 5.74) is 1.22. The zero-order valence-electron chi connectivity index (χ0n) is 10.1.